The SMILES string of the molecule is CSC1=NN2C(=c3cc(Br)ccc3=N[C@H]2c2ccc([N+](=O)[O-])o2)C(=O)N1. The maximum absolute atomic E-state index is 12.7. The summed E-state index contributed by atoms with van der Waals surface area (Å²) in [6, 6.07) is 8.06. The highest BCUT2D eigenvalue weighted by Crippen LogP contribution is 2.33. The normalized spacial score (nSPS) is 18.5. The Morgan fingerprint density at radius 3 is 2.88 bits per heavy atom. The molecule has 1 aromatic heterocycles. The van der Waals surface area contributed by atoms with Crippen LogP contribution >= 0.6 is 27.7 Å². The average Bonchev–Trinajstić information content (AvgIpc) is 3.10. The van der Waals surface area contributed by atoms with Gasteiger partial charge < -0.3 is 4.42 Å². The number of amides is 1. The standard InChI is InChI=1S/C15H10BrN5O4S/c1-26-15-18-14(22)12-8-6-7(16)2-3-9(8)17-13(20(12)19-15)10-4-5-11(25-10)21(23)24/h2-6,13H,1H3,(H,18,19,22)/t13-/m1/s1. The Morgan fingerprint density at radius 1 is 1.38 bits per heavy atom. The van der Waals surface area contributed by atoms with E-state index in [2.05, 4.69) is 31.3 Å². The first-order valence-corrected chi connectivity index (χ1v) is 9.34. The summed E-state index contributed by atoms with van der Waals surface area (Å²) in [6.45, 7) is 0. The number of nitrogens with zero attached hydrogens (tertiary/aromatic N) is 4. The third kappa shape index (κ3) is 2.69. The summed E-state index contributed by atoms with van der Waals surface area (Å²) in [5.74, 6) is -0.500. The largest absolute Gasteiger partial charge is 0.433 e. The Morgan fingerprint density at radius 2 is 2.19 bits per heavy atom. The number of amidine groups is 1. The summed E-state index contributed by atoms with van der Waals surface area (Å²) in [5, 5.41) is 21.1. The number of thioether (sulfide) groups is 1. The van der Waals surface area contributed by atoms with Gasteiger partial charge in [-0.25, -0.2) is 10.0 Å². The van der Waals surface area contributed by atoms with E-state index in [1.165, 1.54) is 28.9 Å². The molecule has 0 bridgehead atoms. The van der Waals surface area contributed by atoms with Gasteiger partial charge in [0, 0.05) is 9.69 Å². The van der Waals surface area contributed by atoms with Crippen LogP contribution in [-0.4, -0.2) is 27.3 Å². The van der Waals surface area contributed by atoms with E-state index in [1.54, 1.807) is 24.5 Å². The van der Waals surface area contributed by atoms with Crippen molar-refractivity contribution in [3.8, 4) is 0 Å². The van der Waals surface area contributed by atoms with E-state index in [0.29, 0.717) is 21.4 Å². The van der Waals surface area contributed by atoms with Crippen LogP contribution in [0.15, 0.2) is 49.3 Å². The average molecular weight is 436 g/mol. The van der Waals surface area contributed by atoms with Gasteiger partial charge in [0.1, 0.15) is 10.6 Å². The number of nitro groups is 1. The van der Waals surface area contributed by atoms with Crippen LogP contribution in [-0.2, 0) is 4.79 Å². The molecule has 2 aliphatic heterocycles. The molecule has 4 rings (SSSR count). The molecule has 9 nitrogen and oxygen atoms in total. The van der Waals surface area contributed by atoms with Gasteiger partial charge in [0.15, 0.2) is 10.9 Å². The lowest BCUT2D eigenvalue weighted by atomic mass is 10.1. The molecule has 2 aromatic rings. The fourth-order valence-corrected chi connectivity index (χ4v) is 3.43. The topological polar surface area (TPSA) is 113 Å². The van der Waals surface area contributed by atoms with E-state index in [9.17, 15) is 14.9 Å². The molecule has 26 heavy (non-hydrogen) atoms. The van der Waals surface area contributed by atoms with Crippen LogP contribution in [0.4, 0.5) is 5.88 Å². The van der Waals surface area contributed by atoms with Crippen LogP contribution in [0.25, 0.3) is 5.70 Å². The Hall–Kier alpha value is -2.66. The van der Waals surface area contributed by atoms with Crippen molar-refractivity contribution >= 4 is 50.3 Å². The number of carbonyl (C=O) groups is 1. The summed E-state index contributed by atoms with van der Waals surface area (Å²) >= 11 is 4.66. The zero-order chi connectivity index (χ0) is 18.4. The minimum atomic E-state index is -0.819. The molecule has 1 aromatic carbocycles. The molecule has 2 aliphatic rings. The summed E-state index contributed by atoms with van der Waals surface area (Å²) in [7, 11) is 0. The Labute approximate surface area is 158 Å². The van der Waals surface area contributed by atoms with Gasteiger partial charge in [0.05, 0.1) is 11.4 Å². The molecule has 0 spiro atoms. The molecular formula is C15H10BrN5O4S. The monoisotopic (exact) mass is 435 g/mol. The molecule has 0 fully saturated rings. The van der Waals surface area contributed by atoms with Gasteiger partial charge in [-0.05, 0) is 30.5 Å². The second-order valence-corrected chi connectivity index (χ2v) is 7.06. The van der Waals surface area contributed by atoms with Crippen LogP contribution < -0.4 is 15.9 Å². The third-order valence-electron chi connectivity index (χ3n) is 3.81. The first-order chi connectivity index (χ1) is 12.5. The maximum atomic E-state index is 12.7. The number of rotatable bonds is 2. The number of halogens is 1. The van der Waals surface area contributed by atoms with Crippen molar-refractivity contribution in [2.75, 3.05) is 6.26 Å². The first kappa shape index (κ1) is 16.8. The number of nitrogens with one attached hydrogen (secondary N) is 1. The molecular weight excluding hydrogens is 426 g/mol. The van der Waals surface area contributed by atoms with Crippen molar-refractivity contribution < 1.29 is 14.1 Å². The zero-order valence-corrected chi connectivity index (χ0v) is 15.6. The molecule has 0 unspecified atom stereocenters. The smallest absolute Gasteiger partial charge is 0.401 e. The Kier molecular flexibility index (Phi) is 4.04. The Bertz CT molecular complexity index is 1100. The molecule has 1 N–H and O–H groups in total. The van der Waals surface area contributed by atoms with E-state index in [1.807, 2.05) is 0 Å². The zero-order valence-electron chi connectivity index (χ0n) is 13.2. The highest BCUT2D eigenvalue weighted by molar-refractivity contribution is 9.10. The Balaban J connectivity index is 1.97. The van der Waals surface area contributed by atoms with Crippen molar-refractivity contribution in [2.24, 2.45) is 10.1 Å². The number of hydrazone groups is 1. The quantitative estimate of drug-likeness (QED) is 0.564. The predicted octanol–water partition coefficient (Wildman–Crippen LogP) is 1.46. The molecule has 0 saturated heterocycles. The van der Waals surface area contributed by atoms with Crippen LogP contribution in [0.3, 0.4) is 0 Å². The summed E-state index contributed by atoms with van der Waals surface area (Å²) in [6.07, 6.45) is 0.961. The van der Waals surface area contributed by atoms with Crippen LogP contribution in [0.2, 0.25) is 0 Å². The summed E-state index contributed by atoms with van der Waals surface area (Å²) in [4.78, 5) is 27.6. The minimum Gasteiger partial charge on any atom is -0.401 e. The van der Waals surface area contributed by atoms with Crippen molar-refractivity contribution in [3.63, 3.8) is 0 Å². The van der Waals surface area contributed by atoms with E-state index >= 15 is 0 Å². The lowest BCUT2D eigenvalue weighted by Crippen LogP contribution is -2.50. The van der Waals surface area contributed by atoms with Crippen molar-refractivity contribution in [3.05, 3.63) is 61.3 Å². The van der Waals surface area contributed by atoms with E-state index in [-0.39, 0.29) is 11.7 Å². The van der Waals surface area contributed by atoms with E-state index in [4.69, 9.17) is 4.42 Å². The van der Waals surface area contributed by atoms with Crippen molar-refractivity contribution in [1.82, 2.24) is 10.3 Å². The highest BCUT2D eigenvalue weighted by Gasteiger charge is 2.36. The molecule has 132 valence electrons. The lowest BCUT2D eigenvalue weighted by Gasteiger charge is -2.32. The molecule has 11 heteroatoms. The fourth-order valence-electron chi connectivity index (χ4n) is 2.71. The van der Waals surface area contributed by atoms with Gasteiger partial charge in [-0.3, -0.25) is 20.2 Å². The maximum Gasteiger partial charge on any atom is 0.433 e. The second-order valence-electron chi connectivity index (χ2n) is 5.35. The molecule has 0 saturated carbocycles. The predicted molar refractivity (Wildman–Crippen MR) is 97.4 cm³/mol. The first-order valence-electron chi connectivity index (χ1n) is 7.33. The number of carbonyl (C=O) groups excluding carboxylic acids is 1. The van der Waals surface area contributed by atoms with Crippen LogP contribution in [0.5, 0.6) is 0 Å². The number of benzene rings is 1. The second kappa shape index (κ2) is 6.25. The molecule has 0 radical (unpaired) electrons. The summed E-state index contributed by atoms with van der Waals surface area (Å²) < 4.78 is 6.10. The minimum absolute atomic E-state index is 0.224. The lowest BCUT2D eigenvalue weighted by molar-refractivity contribution is -0.402. The molecule has 1 amide bonds. The molecule has 3 heterocycles. The number of fused-ring (bicyclic) bond motifs is 2. The van der Waals surface area contributed by atoms with Crippen molar-refractivity contribution in [2.45, 2.75) is 6.17 Å². The molecule has 1 atom stereocenters. The van der Waals surface area contributed by atoms with Crippen molar-refractivity contribution in [1.29, 1.82) is 0 Å². The van der Waals surface area contributed by atoms with Gasteiger partial charge in [0.25, 0.3) is 5.91 Å². The number of hydrogen-bond acceptors (Lipinski definition) is 8. The third-order valence-corrected chi connectivity index (χ3v) is 4.87. The van der Waals surface area contributed by atoms with Gasteiger partial charge in [-0.1, -0.05) is 27.7 Å². The number of hydrogen-bond donors (Lipinski definition) is 1. The van der Waals surface area contributed by atoms with Gasteiger partial charge >= 0.3 is 5.88 Å². The molecule has 0 aliphatic carbocycles. The fraction of sp³-hybridized carbons (Fsp3) is 0.133. The van der Waals surface area contributed by atoms with Gasteiger partial charge in [-0.2, -0.15) is 0 Å². The highest BCUT2D eigenvalue weighted by atomic mass is 79.9. The van der Waals surface area contributed by atoms with E-state index in [0.717, 1.165) is 4.47 Å². The van der Waals surface area contributed by atoms with Gasteiger partial charge in [0.2, 0.25) is 6.17 Å². The summed E-state index contributed by atoms with van der Waals surface area (Å²) in [5.41, 5.74) is 0.304. The van der Waals surface area contributed by atoms with Crippen LogP contribution in [0, 0.1) is 10.1 Å². The van der Waals surface area contributed by atoms with Gasteiger partial charge in [-0.15, -0.1) is 5.10 Å². The van der Waals surface area contributed by atoms with E-state index < -0.39 is 17.0 Å². The van der Waals surface area contributed by atoms with Crippen LogP contribution in [0.1, 0.15) is 11.9 Å². The number of furan rings is 1.